The van der Waals surface area contributed by atoms with Gasteiger partial charge >= 0.3 is 11.9 Å². The zero-order valence-corrected chi connectivity index (χ0v) is 20.1. The second kappa shape index (κ2) is 10.4. The Morgan fingerprint density at radius 2 is 0.972 bits per heavy atom. The van der Waals surface area contributed by atoms with E-state index in [1.807, 2.05) is 103 Å². The Kier molecular flexibility index (Phi) is 6.76. The molecule has 0 N–H and O–H groups in total. The summed E-state index contributed by atoms with van der Waals surface area (Å²) in [4.78, 5) is 25.9. The Hall–Kier alpha value is -4.44. The number of hydrogen-bond donors (Lipinski definition) is 0. The summed E-state index contributed by atoms with van der Waals surface area (Å²) < 4.78 is 12.0. The van der Waals surface area contributed by atoms with E-state index in [9.17, 15) is 9.59 Å². The minimum atomic E-state index is -0.346. The molecule has 0 heterocycles. The van der Waals surface area contributed by atoms with Crippen LogP contribution in [0.5, 0.6) is 11.5 Å². The highest BCUT2D eigenvalue weighted by molar-refractivity contribution is 6.13. The topological polar surface area (TPSA) is 52.6 Å². The van der Waals surface area contributed by atoms with Crippen LogP contribution in [0.1, 0.15) is 23.6 Å². The maximum Gasteiger partial charge on any atom is 0.315 e. The van der Waals surface area contributed by atoms with Crippen LogP contribution in [0.4, 0.5) is 0 Å². The molecule has 0 bridgehead atoms. The summed E-state index contributed by atoms with van der Waals surface area (Å²) >= 11 is 0. The molecule has 0 aliphatic carbocycles. The van der Waals surface area contributed by atoms with Crippen molar-refractivity contribution in [2.45, 2.75) is 26.2 Å². The highest BCUT2D eigenvalue weighted by Gasteiger charge is 2.21. The van der Waals surface area contributed by atoms with Crippen LogP contribution in [0.15, 0.2) is 103 Å². The van der Waals surface area contributed by atoms with Crippen LogP contribution < -0.4 is 9.47 Å². The van der Waals surface area contributed by atoms with E-state index >= 15 is 0 Å². The van der Waals surface area contributed by atoms with Crippen molar-refractivity contribution in [3.63, 3.8) is 0 Å². The molecule has 0 radical (unpaired) electrons. The van der Waals surface area contributed by atoms with Gasteiger partial charge in [-0.1, -0.05) is 104 Å². The quantitative estimate of drug-likeness (QED) is 0.147. The van der Waals surface area contributed by atoms with Gasteiger partial charge in [-0.25, -0.2) is 0 Å². The summed E-state index contributed by atoms with van der Waals surface area (Å²) in [5.74, 6) is 0.274. The lowest BCUT2D eigenvalue weighted by Crippen LogP contribution is -2.13. The second-order valence-corrected chi connectivity index (χ2v) is 8.71. The second-order valence-electron chi connectivity index (χ2n) is 8.71. The molecule has 36 heavy (non-hydrogen) atoms. The lowest BCUT2D eigenvalue weighted by molar-refractivity contribution is -0.134. The van der Waals surface area contributed by atoms with Gasteiger partial charge in [0.05, 0.1) is 12.8 Å². The summed E-state index contributed by atoms with van der Waals surface area (Å²) in [6, 6.07) is 32.6. The molecule has 178 valence electrons. The van der Waals surface area contributed by atoms with E-state index in [0.717, 1.165) is 44.7 Å². The first-order valence-electron chi connectivity index (χ1n) is 12.1. The van der Waals surface area contributed by atoms with Crippen molar-refractivity contribution < 1.29 is 19.1 Å². The zero-order valence-electron chi connectivity index (χ0n) is 20.1. The molecule has 0 aliphatic heterocycles. The molecule has 0 spiro atoms. The fourth-order valence-corrected chi connectivity index (χ4v) is 4.41. The zero-order chi connectivity index (χ0) is 24.9. The van der Waals surface area contributed by atoms with Crippen molar-refractivity contribution in [3.8, 4) is 11.5 Å². The van der Waals surface area contributed by atoms with Gasteiger partial charge in [0.2, 0.25) is 0 Å². The van der Waals surface area contributed by atoms with E-state index in [1.165, 1.54) is 0 Å². The van der Waals surface area contributed by atoms with Gasteiger partial charge in [-0.2, -0.15) is 0 Å². The minimum Gasteiger partial charge on any atom is -0.425 e. The summed E-state index contributed by atoms with van der Waals surface area (Å²) in [6.07, 6.45) is 1.15. The minimum absolute atomic E-state index is 0.164. The molecule has 0 unspecified atom stereocenters. The van der Waals surface area contributed by atoms with Crippen molar-refractivity contribution in [1.82, 2.24) is 0 Å². The van der Waals surface area contributed by atoms with Crippen LogP contribution >= 0.6 is 0 Å². The number of aryl methyl sites for hydroxylation is 1. The fourth-order valence-electron chi connectivity index (χ4n) is 4.41. The third-order valence-electron chi connectivity index (χ3n) is 6.21. The normalized spacial score (nSPS) is 10.9. The van der Waals surface area contributed by atoms with Crippen LogP contribution in [0.2, 0.25) is 0 Å². The molecule has 5 rings (SSSR count). The number of fused-ring (bicyclic) bond motifs is 2. The number of ether oxygens (including phenoxy) is 2. The van der Waals surface area contributed by atoms with Gasteiger partial charge < -0.3 is 9.47 Å². The highest BCUT2D eigenvalue weighted by atomic mass is 16.5. The first kappa shape index (κ1) is 23.3. The monoisotopic (exact) mass is 474 g/mol. The Morgan fingerprint density at radius 3 is 1.47 bits per heavy atom. The molecular formula is C32H26O4. The molecule has 5 aromatic carbocycles. The third-order valence-corrected chi connectivity index (χ3v) is 6.21. The van der Waals surface area contributed by atoms with Gasteiger partial charge in [-0.15, -0.1) is 0 Å². The molecule has 0 fully saturated rings. The summed E-state index contributed by atoms with van der Waals surface area (Å²) in [7, 11) is 0. The standard InChI is InChI=1S/C32H26O4/c1-2-22-17-18-27-28(19-22)32(36-30(34)21-24-13-7-4-8-14-24)26-16-10-9-15-25(26)31(27)35-29(33)20-23-11-5-3-6-12-23/h3-19H,2,20-21H2,1H3. The third kappa shape index (κ3) is 4.98. The smallest absolute Gasteiger partial charge is 0.315 e. The average molecular weight is 475 g/mol. The first-order valence-corrected chi connectivity index (χ1v) is 12.1. The predicted molar refractivity (Wildman–Crippen MR) is 142 cm³/mol. The van der Waals surface area contributed by atoms with Gasteiger partial charge in [-0.3, -0.25) is 9.59 Å². The maximum absolute atomic E-state index is 13.0. The number of hydrogen-bond acceptors (Lipinski definition) is 4. The average Bonchev–Trinajstić information content (AvgIpc) is 2.91. The van der Waals surface area contributed by atoms with Crippen molar-refractivity contribution >= 4 is 33.5 Å². The maximum atomic E-state index is 13.0. The van der Waals surface area contributed by atoms with Gasteiger partial charge in [0, 0.05) is 21.5 Å². The molecule has 5 aromatic rings. The number of rotatable bonds is 7. The van der Waals surface area contributed by atoms with E-state index in [-0.39, 0.29) is 24.8 Å². The summed E-state index contributed by atoms with van der Waals surface area (Å²) in [6.45, 7) is 2.07. The molecule has 0 saturated heterocycles. The number of esters is 2. The summed E-state index contributed by atoms with van der Waals surface area (Å²) in [5, 5.41) is 2.92. The first-order chi connectivity index (χ1) is 17.6. The lowest BCUT2D eigenvalue weighted by atomic mass is 9.98. The van der Waals surface area contributed by atoms with Crippen LogP contribution in [-0.2, 0) is 28.9 Å². The van der Waals surface area contributed by atoms with Crippen LogP contribution in [0, 0.1) is 0 Å². The molecule has 0 atom stereocenters. The molecular weight excluding hydrogens is 448 g/mol. The fraction of sp³-hybridized carbons (Fsp3) is 0.125. The Bertz CT molecular complexity index is 1540. The number of benzene rings is 5. The van der Waals surface area contributed by atoms with Crippen LogP contribution in [-0.4, -0.2) is 11.9 Å². The molecule has 0 aromatic heterocycles. The number of carbonyl (C=O) groups excluding carboxylic acids is 2. The molecule has 0 saturated carbocycles. The van der Waals surface area contributed by atoms with Crippen LogP contribution in [0.3, 0.4) is 0 Å². The van der Waals surface area contributed by atoms with Gasteiger partial charge in [0.15, 0.2) is 0 Å². The SMILES string of the molecule is CCc1ccc2c(OC(=O)Cc3ccccc3)c3ccccc3c(OC(=O)Cc3ccccc3)c2c1. The van der Waals surface area contributed by atoms with Crippen molar-refractivity contribution in [2.75, 3.05) is 0 Å². The van der Waals surface area contributed by atoms with E-state index in [2.05, 4.69) is 6.92 Å². The molecule has 4 nitrogen and oxygen atoms in total. The van der Waals surface area contributed by atoms with Gasteiger partial charge in [0.1, 0.15) is 11.5 Å². The predicted octanol–water partition coefficient (Wildman–Crippen LogP) is 6.85. The van der Waals surface area contributed by atoms with Crippen LogP contribution in [0.25, 0.3) is 21.5 Å². The Morgan fingerprint density at radius 1 is 0.528 bits per heavy atom. The van der Waals surface area contributed by atoms with E-state index in [0.29, 0.717) is 11.5 Å². The molecule has 0 amide bonds. The Labute approximate surface area is 210 Å². The molecule has 0 aliphatic rings. The van der Waals surface area contributed by atoms with Gasteiger partial charge in [-0.05, 0) is 29.2 Å². The van der Waals surface area contributed by atoms with Crippen molar-refractivity contribution in [1.29, 1.82) is 0 Å². The lowest BCUT2D eigenvalue weighted by Gasteiger charge is -2.17. The number of carbonyl (C=O) groups is 2. The largest absolute Gasteiger partial charge is 0.425 e. The molecule has 4 heteroatoms. The van der Waals surface area contributed by atoms with E-state index in [1.54, 1.807) is 0 Å². The summed E-state index contributed by atoms with van der Waals surface area (Å²) in [5.41, 5.74) is 2.87. The van der Waals surface area contributed by atoms with Crippen molar-refractivity contribution in [3.05, 3.63) is 120 Å². The van der Waals surface area contributed by atoms with E-state index < -0.39 is 0 Å². The highest BCUT2D eigenvalue weighted by Crippen LogP contribution is 2.43. The van der Waals surface area contributed by atoms with Gasteiger partial charge in [0.25, 0.3) is 0 Å². The Balaban J connectivity index is 1.59. The van der Waals surface area contributed by atoms with E-state index in [4.69, 9.17) is 9.47 Å². The van der Waals surface area contributed by atoms with Crippen molar-refractivity contribution in [2.24, 2.45) is 0 Å².